The van der Waals surface area contributed by atoms with Crippen LogP contribution < -0.4 is 17.2 Å². The molecule has 0 bridgehead atoms. The number of thiocarbonyl (C=S) groups is 3. The number of pyridine rings is 7. The van der Waals surface area contributed by atoms with Gasteiger partial charge in [0.1, 0.15) is 17.4 Å². The van der Waals surface area contributed by atoms with Crippen molar-refractivity contribution in [2.24, 2.45) is 22.0 Å². The van der Waals surface area contributed by atoms with Crippen LogP contribution in [0, 0.1) is 10.8 Å². The standard InChI is InChI=1S/C15H11Br2NOS.C11H10BrNO2S.C10H9BrN2O2S.C8H5NOS.C7H6Br2N2S.C6H2BrClN2S.C6H4BrN3S.C5H4Br2N2.C5H11NO2.C4H8O2.2ClH.Cu/c16-11-6-13(17)14(18-9-11)7-12(20)8-15(19)10-4-2-1-3-5-10;1-2-15-11(14)5-8-4-9-10(16-8)3-7(12)6-13-9;1-2-15-9(14)4-8-13-10-7(16-8)3-6(11)5-12-10;10-8(9-6-11)7-4-2-1-3-5-7;8-4-1-5(9)6(11-3-4)2-7(10)12;2*7-3-1-4-5(9-2-3)10-6(8)11-4;6-3-1-4(7)5(8)9-2-3;1-5(2)3-4-8-6-7;1-3-6-4(2)5;;;/h1-6,9H,7-8H2;3,5-6H,2,4H2,1H3;3,5H,2,4H2,1H3;1-5H;1,3H,2H2,(H2,10,12);1-2H;1-2H,(H2,8,9,10);1-2H,(H2,8,9);5H,3-4H2,1-2H3;3H2,1-2H3;2*1H;/q;;;;;;;;;;;;+2/p-2/b;8-5+;;;;;;;;;;;. The number of carbonyl (C=O) groups excluding carboxylic acids is 5. The number of nitrogens with two attached hydrogens (primary N) is 3. The molecule has 0 atom stereocenters. The fraction of sp³-hybridized carbons (Fsp3) is 0.221. The van der Waals surface area contributed by atoms with E-state index in [0.29, 0.717) is 99.3 Å². The zero-order valence-electron chi connectivity index (χ0n) is 64.8. The average molecular weight is 2560 g/mol. The number of allylic oxidation sites excluding steroid dienone is 1. The van der Waals surface area contributed by atoms with Crippen molar-refractivity contribution in [1.29, 1.82) is 0 Å². The first kappa shape index (κ1) is 112. The van der Waals surface area contributed by atoms with Gasteiger partial charge in [-0.05, 0) is 259 Å². The molecular formula is C77H70Br10Cl3CuN15O10S7. The molecule has 123 heavy (non-hydrogen) atoms. The molecule has 0 fully saturated rings. The first-order valence-electron chi connectivity index (χ1n) is 34.7. The van der Waals surface area contributed by atoms with Gasteiger partial charge in [-0.1, -0.05) is 122 Å². The van der Waals surface area contributed by atoms with E-state index in [9.17, 15) is 28.9 Å². The van der Waals surface area contributed by atoms with Crippen LogP contribution in [0.4, 0.5) is 10.9 Å². The molecule has 12 aromatic rings. The summed E-state index contributed by atoms with van der Waals surface area (Å²) >= 11 is 60.0. The van der Waals surface area contributed by atoms with Crippen molar-refractivity contribution in [3.8, 4) is 0 Å². The number of aliphatic imine (C=N–C) groups is 1. The molecule has 13 rings (SSSR count). The number of carbonyl (C=O) groups is 5. The van der Waals surface area contributed by atoms with E-state index in [4.69, 9.17) is 62.7 Å². The van der Waals surface area contributed by atoms with Crippen LogP contribution >= 0.6 is 274 Å². The molecular weight excluding hydrogens is 2490 g/mol. The van der Waals surface area contributed by atoms with Crippen LogP contribution in [0.5, 0.6) is 0 Å². The monoisotopic (exact) mass is 2550 g/mol. The number of thioether (sulfide) groups is 1. The second kappa shape index (κ2) is 63.8. The zero-order valence-corrected chi connectivity index (χ0v) is 89.6. The van der Waals surface area contributed by atoms with Crippen molar-refractivity contribution < 1.29 is 56.2 Å². The summed E-state index contributed by atoms with van der Waals surface area (Å²) in [6, 6.07) is 31.5. The molecule has 0 spiro atoms. The molecule has 0 radical (unpaired) electrons. The normalized spacial score (nSPS) is 10.7. The Morgan fingerprint density at radius 3 is 1.54 bits per heavy atom. The predicted octanol–water partition coefficient (Wildman–Crippen LogP) is 25.7. The summed E-state index contributed by atoms with van der Waals surface area (Å²) in [7, 11) is 9.34. The molecule has 46 heteroatoms. The zero-order chi connectivity index (χ0) is 91.5. The van der Waals surface area contributed by atoms with Gasteiger partial charge >= 0.3 is 51.2 Å². The summed E-state index contributed by atoms with van der Waals surface area (Å²) in [4.78, 5) is 117. The topological polar surface area (TPSA) is 371 Å². The average Bonchev–Trinajstić information content (AvgIpc) is 1.70. The van der Waals surface area contributed by atoms with Crippen molar-refractivity contribution >= 4 is 360 Å². The molecule has 657 valence electrons. The number of hydrogen-bond acceptors (Lipinski definition) is 30. The predicted molar refractivity (Wildman–Crippen MR) is 538 cm³/mol. The van der Waals surface area contributed by atoms with Crippen LogP contribution in [-0.4, -0.2) is 121 Å². The van der Waals surface area contributed by atoms with E-state index in [-0.39, 0.29) is 42.4 Å². The maximum atomic E-state index is 12.1. The fourth-order valence-electron chi connectivity index (χ4n) is 8.35. The summed E-state index contributed by atoms with van der Waals surface area (Å²) in [6.45, 7) is 12.6. The number of nitrogen functional groups attached to an aromatic ring is 2. The number of esters is 3. The van der Waals surface area contributed by atoms with Crippen LogP contribution in [0.1, 0.15) is 97.2 Å². The van der Waals surface area contributed by atoms with Gasteiger partial charge in [-0.15, -0.1) is 27.6 Å². The first-order valence-corrected chi connectivity index (χ1v) is 50.1. The van der Waals surface area contributed by atoms with E-state index in [1.807, 2.05) is 71.9 Å². The van der Waals surface area contributed by atoms with Gasteiger partial charge in [0.2, 0.25) is 0 Å². The molecule has 0 unspecified atom stereocenters. The molecule has 25 nitrogen and oxygen atoms in total. The van der Waals surface area contributed by atoms with Gasteiger partial charge in [-0.2, -0.15) is 4.99 Å². The first-order chi connectivity index (χ1) is 58.5. The third-order valence-corrected chi connectivity index (χ3v) is 23.0. The molecule has 6 N–H and O–H groups in total. The number of ether oxygens (including phenoxy) is 3. The maximum absolute atomic E-state index is 12.1. The van der Waals surface area contributed by atoms with Crippen molar-refractivity contribution in [2.75, 3.05) is 37.9 Å². The molecule has 0 saturated heterocycles. The number of fused-ring (bicyclic) bond motifs is 4. The number of hydrogen-bond donors (Lipinski definition) is 3. The fourth-order valence-corrected chi connectivity index (χ4v) is 17.8. The second-order valence-electron chi connectivity index (χ2n) is 23.2. The Kier molecular flexibility index (Phi) is 58.2. The van der Waals surface area contributed by atoms with Gasteiger partial charge in [0.25, 0.3) is 5.91 Å². The van der Waals surface area contributed by atoms with Crippen molar-refractivity contribution in [1.82, 2.24) is 49.8 Å². The molecule has 1 aliphatic heterocycles. The summed E-state index contributed by atoms with van der Waals surface area (Å²) in [5.74, 6) is 0.0503. The third kappa shape index (κ3) is 48.3. The summed E-state index contributed by atoms with van der Waals surface area (Å²) in [5.41, 5.74) is 22.4. The van der Waals surface area contributed by atoms with Crippen LogP contribution in [-0.2, 0) is 72.2 Å². The van der Waals surface area contributed by atoms with Gasteiger partial charge in [-0.3, -0.25) is 34.1 Å². The Balaban J connectivity index is 0.000000357. The van der Waals surface area contributed by atoms with E-state index in [0.717, 1.165) is 116 Å². The van der Waals surface area contributed by atoms with E-state index in [1.165, 1.54) is 40.9 Å². The van der Waals surface area contributed by atoms with Gasteiger partial charge in [0, 0.05) is 148 Å². The molecule has 1 aliphatic rings. The molecule has 1 amide bonds. The summed E-state index contributed by atoms with van der Waals surface area (Å²) in [6.07, 6.45) is 16.7. The van der Waals surface area contributed by atoms with Crippen molar-refractivity contribution in [3.63, 3.8) is 0 Å². The SMILES string of the molecule is CC(C)CCON=O.CCOC(=O)/C=C1\Cc2ncc(Br)cc2S1.CCOC(=O)Cc1nc2ncc(Br)cc2s1.CCOC(C)=O.Clc1nc2ncc(Br)cc2s1.NC(=S)Cc1ncc(Br)cc1Br.Nc1nc2ncc(Br)cc2s1.Nc1ncc(Br)cc1Br.O=C(CC(=S)Cc1ncc(Br)cc1Br)c1ccccc1.O=C(N=C=S)c1ccccc1.[Cl][Cu][Cl]. The van der Waals surface area contributed by atoms with E-state index in [1.54, 1.807) is 118 Å². The van der Waals surface area contributed by atoms with E-state index in [2.05, 4.69) is 275 Å². The van der Waals surface area contributed by atoms with Crippen molar-refractivity contribution in [3.05, 3.63) is 245 Å². The quantitative estimate of drug-likeness (QED) is 0.00686. The third-order valence-electron chi connectivity index (χ3n) is 13.4. The number of nitrogens with zero attached hydrogens (tertiary/aromatic N) is 12. The Bertz CT molecular complexity index is 5460. The number of halogens is 13. The van der Waals surface area contributed by atoms with Gasteiger partial charge in [-0.25, -0.2) is 39.7 Å². The number of anilines is 2. The Hall–Kier alpha value is -5.03. The molecule has 11 heterocycles. The van der Waals surface area contributed by atoms with Crippen LogP contribution in [0.2, 0.25) is 4.47 Å². The van der Waals surface area contributed by atoms with Gasteiger partial charge in [0.05, 0.1) is 72.0 Å². The minimum absolute atomic E-state index is 0.0452. The number of rotatable bonds is 18. The molecule has 2 aromatic carbocycles. The minimum atomic E-state index is -0.347. The Morgan fingerprint density at radius 2 is 1.06 bits per heavy atom. The Morgan fingerprint density at radius 1 is 0.593 bits per heavy atom. The van der Waals surface area contributed by atoms with Gasteiger partial charge in [0.15, 0.2) is 37.7 Å². The molecule has 0 aliphatic carbocycles. The number of benzene rings is 2. The Labute approximate surface area is 845 Å². The van der Waals surface area contributed by atoms with E-state index < -0.39 is 0 Å². The van der Waals surface area contributed by atoms with Crippen LogP contribution in [0.15, 0.2) is 217 Å². The number of thiazole rings is 3. The number of amides is 1. The van der Waals surface area contributed by atoms with Crippen LogP contribution in [0.25, 0.3) is 31.0 Å². The number of Topliss-reactive ketones (excluding diaryl/α,β-unsaturated/α-hetero) is 1. The molecule has 0 saturated carbocycles. The van der Waals surface area contributed by atoms with Crippen molar-refractivity contribution in [2.45, 2.75) is 85.0 Å². The van der Waals surface area contributed by atoms with E-state index >= 15 is 0 Å². The number of aromatic nitrogens is 10. The molecule has 10 aromatic heterocycles. The number of ketones is 1. The summed E-state index contributed by atoms with van der Waals surface area (Å²) < 4.78 is 26.8. The van der Waals surface area contributed by atoms with Gasteiger partial charge < -0.3 is 36.2 Å². The second-order valence-corrected chi connectivity index (χ2v) is 40.0. The van der Waals surface area contributed by atoms with Crippen LogP contribution in [0.3, 0.4) is 0 Å². The summed E-state index contributed by atoms with van der Waals surface area (Å²) in [5, 5.41) is 5.58. The number of isothiocyanates is 1.